The normalized spacial score (nSPS) is 18.8. The molecule has 1 aromatic heterocycles. The Morgan fingerprint density at radius 1 is 1.15 bits per heavy atom. The first-order valence-electron chi connectivity index (χ1n) is 8.38. The molecular formula is C17H20N2O5S2. The van der Waals surface area contributed by atoms with Gasteiger partial charge in [0, 0.05) is 25.7 Å². The molecule has 0 spiro atoms. The molecule has 9 heteroatoms. The molecule has 140 valence electrons. The molecule has 2 aliphatic rings. The number of nitrogens with zero attached hydrogens (tertiary/aromatic N) is 1. The lowest BCUT2D eigenvalue weighted by atomic mass is 10.0. The Labute approximate surface area is 156 Å². The first-order chi connectivity index (χ1) is 12.6. The largest absolute Gasteiger partial charge is 0.454 e. The molecule has 1 atom stereocenters. The van der Waals surface area contributed by atoms with E-state index in [1.165, 1.54) is 11.3 Å². The van der Waals surface area contributed by atoms with Gasteiger partial charge in [-0.05, 0) is 29.1 Å². The summed E-state index contributed by atoms with van der Waals surface area (Å²) in [5, 5.41) is 1.76. The van der Waals surface area contributed by atoms with Crippen molar-refractivity contribution >= 4 is 21.4 Å². The molecule has 1 fully saturated rings. The number of ether oxygens (including phenoxy) is 3. The van der Waals surface area contributed by atoms with Crippen molar-refractivity contribution in [1.82, 2.24) is 9.62 Å². The number of thiophene rings is 1. The zero-order valence-electron chi connectivity index (χ0n) is 14.1. The van der Waals surface area contributed by atoms with Gasteiger partial charge in [0.25, 0.3) is 0 Å². The Hall–Kier alpha value is -1.65. The predicted molar refractivity (Wildman–Crippen MR) is 97.2 cm³/mol. The average Bonchev–Trinajstić information content (AvgIpc) is 3.34. The molecule has 26 heavy (non-hydrogen) atoms. The minimum atomic E-state index is -3.52. The van der Waals surface area contributed by atoms with E-state index in [1.807, 2.05) is 18.2 Å². The molecule has 2 aliphatic heterocycles. The minimum absolute atomic E-state index is 0.108. The van der Waals surface area contributed by atoms with Crippen LogP contribution in [0, 0.1) is 0 Å². The van der Waals surface area contributed by atoms with Crippen molar-refractivity contribution in [3.63, 3.8) is 0 Å². The highest BCUT2D eigenvalue weighted by Crippen LogP contribution is 2.35. The van der Waals surface area contributed by atoms with E-state index >= 15 is 0 Å². The van der Waals surface area contributed by atoms with Crippen LogP contribution in [0.25, 0.3) is 0 Å². The first-order valence-corrected chi connectivity index (χ1v) is 10.7. The topological polar surface area (TPSA) is 77.1 Å². The summed E-state index contributed by atoms with van der Waals surface area (Å²) in [5.74, 6) is 1.41. The van der Waals surface area contributed by atoms with Crippen LogP contribution in [0.2, 0.25) is 0 Å². The molecule has 0 bridgehead atoms. The summed E-state index contributed by atoms with van der Waals surface area (Å²) < 4.78 is 44.4. The maximum atomic E-state index is 12.5. The van der Waals surface area contributed by atoms with Crippen LogP contribution in [-0.2, 0) is 14.8 Å². The fourth-order valence-electron chi connectivity index (χ4n) is 3.14. The molecule has 0 aliphatic carbocycles. The van der Waals surface area contributed by atoms with E-state index in [-0.39, 0.29) is 19.4 Å². The molecule has 3 heterocycles. The van der Waals surface area contributed by atoms with Gasteiger partial charge in [-0.2, -0.15) is 0 Å². The van der Waals surface area contributed by atoms with Gasteiger partial charge in [0.1, 0.15) is 4.21 Å². The molecule has 4 rings (SSSR count). The van der Waals surface area contributed by atoms with Crippen molar-refractivity contribution < 1.29 is 22.6 Å². The molecule has 0 amide bonds. The van der Waals surface area contributed by atoms with E-state index in [0.717, 1.165) is 18.7 Å². The second-order valence-corrected chi connectivity index (χ2v) is 9.00. The van der Waals surface area contributed by atoms with Crippen LogP contribution < -0.4 is 14.2 Å². The Morgan fingerprint density at radius 3 is 2.73 bits per heavy atom. The third kappa shape index (κ3) is 3.72. The summed E-state index contributed by atoms with van der Waals surface area (Å²) in [4.78, 5) is 2.23. The van der Waals surface area contributed by atoms with E-state index in [9.17, 15) is 8.42 Å². The highest BCUT2D eigenvalue weighted by atomic mass is 32.2. The smallest absolute Gasteiger partial charge is 0.250 e. The third-order valence-corrected chi connectivity index (χ3v) is 7.32. The SMILES string of the molecule is O=S(=O)(NC[C@@H](c1ccc2c(c1)OCO2)N1CCOCC1)c1cccs1. The molecule has 0 unspecified atom stereocenters. The summed E-state index contributed by atoms with van der Waals surface area (Å²) in [6.07, 6.45) is 0. The minimum Gasteiger partial charge on any atom is -0.454 e. The standard InChI is InChI=1S/C17H20N2O5S2/c20-26(21,17-2-1-9-25-17)18-11-14(19-5-7-22-8-6-19)13-3-4-15-16(10-13)24-12-23-15/h1-4,9-10,14,18H,5-8,11-12H2/t14-/m0/s1. The Bertz CT molecular complexity index is 848. The molecule has 1 aromatic carbocycles. The van der Waals surface area contributed by atoms with E-state index in [4.69, 9.17) is 14.2 Å². The van der Waals surface area contributed by atoms with Crippen molar-refractivity contribution in [3.05, 3.63) is 41.3 Å². The van der Waals surface area contributed by atoms with Crippen molar-refractivity contribution in [2.24, 2.45) is 0 Å². The monoisotopic (exact) mass is 396 g/mol. The molecule has 0 radical (unpaired) electrons. The average molecular weight is 396 g/mol. The Morgan fingerprint density at radius 2 is 1.96 bits per heavy atom. The van der Waals surface area contributed by atoms with Gasteiger partial charge in [-0.1, -0.05) is 12.1 Å². The van der Waals surface area contributed by atoms with Crippen molar-refractivity contribution in [3.8, 4) is 11.5 Å². The van der Waals surface area contributed by atoms with E-state index in [0.29, 0.717) is 28.9 Å². The number of morpholine rings is 1. The number of sulfonamides is 1. The van der Waals surface area contributed by atoms with Crippen molar-refractivity contribution in [1.29, 1.82) is 0 Å². The van der Waals surface area contributed by atoms with Gasteiger partial charge in [-0.25, -0.2) is 13.1 Å². The van der Waals surface area contributed by atoms with Crippen LogP contribution in [-0.4, -0.2) is 53.0 Å². The Kier molecular flexibility index (Phi) is 5.14. The highest BCUT2D eigenvalue weighted by Gasteiger charge is 2.27. The van der Waals surface area contributed by atoms with Crippen LogP contribution in [0.1, 0.15) is 11.6 Å². The number of fused-ring (bicyclic) bond motifs is 1. The molecule has 1 N–H and O–H groups in total. The number of rotatable bonds is 6. The lowest BCUT2D eigenvalue weighted by molar-refractivity contribution is 0.0172. The van der Waals surface area contributed by atoms with Gasteiger partial charge in [0.15, 0.2) is 11.5 Å². The predicted octanol–water partition coefficient (Wildman–Crippen LogP) is 1.83. The van der Waals surface area contributed by atoms with E-state index in [2.05, 4.69) is 9.62 Å². The number of hydrogen-bond acceptors (Lipinski definition) is 7. The van der Waals surface area contributed by atoms with E-state index < -0.39 is 10.0 Å². The van der Waals surface area contributed by atoms with Gasteiger partial charge in [0.05, 0.1) is 13.2 Å². The summed E-state index contributed by atoms with van der Waals surface area (Å²) in [6.45, 7) is 3.27. The van der Waals surface area contributed by atoms with Crippen LogP contribution in [0.4, 0.5) is 0 Å². The summed E-state index contributed by atoms with van der Waals surface area (Å²) >= 11 is 1.21. The van der Waals surface area contributed by atoms with Gasteiger partial charge < -0.3 is 14.2 Å². The molecule has 0 saturated carbocycles. The molecule has 2 aromatic rings. The lowest BCUT2D eigenvalue weighted by Crippen LogP contribution is -2.43. The number of nitrogens with one attached hydrogen (secondary N) is 1. The second kappa shape index (κ2) is 7.53. The van der Waals surface area contributed by atoms with Crippen molar-refractivity contribution in [2.45, 2.75) is 10.3 Å². The van der Waals surface area contributed by atoms with Crippen LogP contribution in [0.5, 0.6) is 11.5 Å². The number of hydrogen-bond donors (Lipinski definition) is 1. The van der Waals surface area contributed by atoms with Gasteiger partial charge in [-0.3, -0.25) is 4.90 Å². The Balaban J connectivity index is 1.57. The third-order valence-electron chi connectivity index (χ3n) is 4.49. The van der Waals surface area contributed by atoms with Crippen LogP contribution in [0.15, 0.2) is 39.9 Å². The van der Waals surface area contributed by atoms with E-state index in [1.54, 1.807) is 17.5 Å². The summed E-state index contributed by atoms with van der Waals surface area (Å²) in [5.41, 5.74) is 0.991. The maximum Gasteiger partial charge on any atom is 0.250 e. The summed E-state index contributed by atoms with van der Waals surface area (Å²) in [6, 6.07) is 9.00. The second-order valence-electron chi connectivity index (χ2n) is 6.06. The van der Waals surface area contributed by atoms with Crippen molar-refractivity contribution in [2.75, 3.05) is 39.6 Å². The van der Waals surface area contributed by atoms with Gasteiger partial charge in [0.2, 0.25) is 16.8 Å². The fraction of sp³-hybridized carbons (Fsp3) is 0.412. The highest BCUT2D eigenvalue weighted by molar-refractivity contribution is 7.91. The van der Waals surface area contributed by atoms with Gasteiger partial charge >= 0.3 is 0 Å². The molecule has 7 nitrogen and oxygen atoms in total. The van der Waals surface area contributed by atoms with Crippen LogP contribution in [0.3, 0.4) is 0 Å². The first kappa shape index (κ1) is 17.7. The summed E-state index contributed by atoms with van der Waals surface area (Å²) in [7, 11) is -3.52. The maximum absolute atomic E-state index is 12.5. The number of benzene rings is 1. The van der Waals surface area contributed by atoms with Gasteiger partial charge in [-0.15, -0.1) is 11.3 Å². The molecular weight excluding hydrogens is 376 g/mol. The quantitative estimate of drug-likeness (QED) is 0.803. The van der Waals surface area contributed by atoms with Crippen LogP contribution >= 0.6 is 11.3 Å². The fourth-order valence-corrected chi connectivity index (χ4v) is 5.22. The zero-order valence-corrected chi connectivity index (χ0v) is 15.7. The molecule has 1 saturated heterocycles. The zero-order chi connectivity index (χ0) is 18.0. The lowest BCUT2D eigenvalue weighted by Gasteiger charge is -2.34.